The molecule has 0 spiro atoms. The van der Waals surface area contributed by atoms with Gasteiger partial charge >= 0.3 is 0 Å². The molecule has 1 N–H and O–H groups in total. The fourth-order valence-electron chi connectivity index (χ4n) is 2.91. The second-order valence-corrected chi connectivity index (χ2v) is 5.11. The lowest BCUT2D eigenvalue weighted by molar-refractivity contribution is -0.120. The Hall–Kier alpha value is -1.62. The van der Waals surface area contributed by atoms with Crippen LogP contribution in [0.1, 0.15) is 12.5 Å². The van der Waals surface area contributed by atoms with Gasteiger partial charge in [0, 0.05) is 6.54 Å². The van der Waals surface area contributed by atoms with Gasteiger partial charge in [0.1, 0.15) is 5.82 Å². The van der Waals surface area contributed by atoms with Crippen molar-refractivity contribution in [3.8, 4) is 0 Å². The third kappa shape index (κ3) is 1.89. The highest BCUT2D eigenvalue weighted by Crippen LogP contribution is 2.37. The Morgan fingerprint density at radius 1 is 1.47 bits per heavy atom. The lowest BCUT2D eigenvalue weighted by atomic mass is 10.0. The molecule has 102 valence electrons. The molecule has 2 atom stereocenters. The first kappa shape index (κ1) is 12.4. The molecule has 2 heterocycles. The van der Waals surface area contributed by atoms with Crippen molar-refractivity contribution in [1.29, 1.82) is 0 Å². The van der Waals surface area contributed by atoms with Gasteiger partial charge in [-0.15, -0.1) is 0 Å². The second kappa shape index (κ2) is 4.49. The Bertz CT molecular complexity index is 532. The van der Waals surface area contributed by atoms with Gasteiger partial charge in [0.25, 0.3) is 0 Å². The third-order valence-electron chi connectivity index (χ3n) is 3.97. The molecule has 2 unspecified atom stereocenters. The molecule has 1 aromatic rings. The first-order chi connectivity index (χ1) is 9.11. The lowest BCUT2D eigenvalue weighted by Crippen LogP contribution is -2.42. The first-order valence-corrected chi connectivity index (χ1v) is 6.57. The van der Waals surface area contributed by atoms with Crippen LogP contribution in [0.4, 0.5) is 15.8 Å². The van der Waals surface area contributed by atoms with E-state index in [9.17, 15) is 9.18 Å². The summed E-state index contributed by atoms with van der Waals surface area (Å²) in [4.78, 5) is 14.3. The Labute approximate surface area is 111 Å². The van der Waals surface area contributed by atoms with Gasteiger partial charge in [-0.2, -0.15) is 0 Å². The molecule has 1 fully saturated rings. The molecule has 2 aliphatic heterocycles. The average molecular weight is 264 g/mol. The molecule has 0 radical (unpaired) electrons. The number of ether oxygens (including phenoxy) is 1. The smallest absolute Gasteiger partial charge is 0.232 e. The van der Waals surface area contributed by atoms with E-state index in [1.807, 2.05) is 6.92 Å². The maximum absolute atomic E-state index is 13.7. The first-order valence-electron chi connectivity index (χ1n) is 6.57. The van der Waals surface area contributed by atoms with E-state index in [4.69, 9.17) is 4.74 Å². The van der Waals surface area contributed by atoms with Crippen LogP contribution in [0.2, 0.25) is 0 Å². The number of halogens is 1. The Morgan fingerprint density at radius 2 is 2.26 bits per heavy atom. The predicted molar refractivity (Wildman–Crippen MR) is 70.9 cm³/mol. The zero-order valence-electron chi connectivity index (χ0n) is 11.1. The highest BCUT2D eigenvalue weighted by Gasteiger charge is 2.41. The standard InChI is InChI=1S/C14H17FN2O2/c1-3-17-12-4-8(2)10(15)5-11(12)16-14(18)9-6-19-7-13(9)17/h4-5,9,13H,3,6-7H2,1-2H3,(H,16,18). The number of carbonyl (C=O) groups is 1. The number of hydrogen-bond donors (Lipinski definition) is 1. The van der Waals surface area contributed by atoms with Crippen molar-refractivity contribution in [1.82, 2.24) is 0 Å². The maximum atomic E-state index is 13.7. The van der Waals surface area contributed by atoms with Crippen LogP contribution >= 0.6 is 0 Å². The van der Waals surface area contributed by atoms with Crippen LogP contribution in [0.3, 0.4) is 0 Å². The number of aryl methyl sites for hydroxylation is 1. The van der Waals surface area contributed by atoms with Crippen molar-refractivity contribution < 1.29 is 13.9 Å². The zero-order chi connectivity index (χ0) is 13.6. The molecule has 1 amide bonds. The summed E-state index contributed by atoms with van der Waals surface area (Å²) in [5.41, 5.74) is 2.03. The number of nitrogens with zero attached hydrogens (tertiary/aromatic N) is 1. The minimum absolute atomic E-state index is 0.0381. The van der Waals surface area contributed by atoms with Crippen molar-refractivity contribution in [2.75, 3.05) is 30.0 Å². The molecular formula is C14H17FN2O2. The van der Waals surface area contributed by atoms with Crippen LogP contribution in [0.15, 0.2) is 12.1 Å². The number of amides is 1. The lowest BCUT2D eigenvalue weighted by Gasteiger charge is -2.30. The molecule has 4 nitrogen and oxygen atoms in total. The zero-order valence-corrected chi connectivity index (χ0v) is 11.1. The number of rotatable bonds is 1. The molecular weight excluding hydrogens is 247 g/mol. The summed E-state index contributed by atoms with van der Waals surface area (Å²) in [6.45, 7) is 5.51. The predicted octanol–water partition coefficient (Wildman–Crippen LogP) is 1.93. The van der Waals surface area contributed by atoms with Crippen molar-refractivity contribution in [2.45, 2.75) is 19.9 Å². The van der Waals surface area contributed by atoms with Crippen molar-refractivity contribution in [3.05, 3.63) is 23.5 Å². The van der Waals surface area contributed by atoms with Crippen LogP contribution in [0.25, 0.3) is 0 Å². The molecule has 1 saturated heterocycles. The summed E-state index contributed by atoms with van der Waals surface area (Å²) in [7, 11) is 0. The molecule has 5 heteroatoms. The summed E-state index contributed by atoms with van der Waals surface area (Å²) >= 11 is 0. The third-order valence-corrected chi connectivity index (χ3v) is 3.97. The van der Waals surface area contributed by atoms with Crippen LogP contribution < -0.4 is 10.2 Å². The molecule has 0 saturated carbocycles. The second-order valence-electron chi connectivity index (χ2n) is 5.11. The number of benzene rings is 1. The average Bonchev–Trinajstić information content (AvgIpc) is 2.81. The molecule has 0 bridgehead atoms. The van der Waals surface area contributed by atoms with E-state index in [0.717, 1.165) is 12.2 Å². The van der Waals surface area contributed by atoms with Gasteiger partial charge in [-0.25, -0.2) is 4.39 Å². The summed E-state index contributed by atoms with van der Waals surface area (Å²) in [6, 6.07) is 3.25. The van der Waals surface area contributed by atoms with Gasteiger partial charge in [-0.3, -0.25) is 4.79 Å². The van der Waals surface area contributed by atoms with E-state index in [2.05, 4.69) is 10.2 Å². The van der Waals surface area contributed by atoms with E-state index < -0.39 is 0 Å². The van der Waals surface area contributed by atoms with Gasteiger partial charge in [0.05, 0.1) is 36.5 Å². The number of anilines is 2. The minimum atomic E-state index is -0.293. The van der Waals surface area contributed by atoms with Crippen molar-refractivity contribution in [3.63, 3.8) is 0 Å². The normalized spacial score (nSPS) is 25.6. The molecule has 0 aromatic heterocycles. The summed E-state index contributed by atoms with van der Waals surface area (Å²) in [6.07, 6.45) is 0. The fourth-order valence-corrected chi connectivity index (χ4v) is 2.91. The van der Waals surface area contributed by atoms with E-state index in [1.54, 1.807) is 13.0 Å². The van der Waals surface area contributed by atoms with Gasteiger partial charge < -0.3 is 15.0 Å². The number of carbonyl (C=O) groups excluding carboxylic acids is 1. The number of nitrogens with one attached hydrogen (secondary N) is 1. The Kier molecular flexibility index (Phi) is 2.93. The molecule has 19 heavy (non-hydrogen) atoms. The van der Waals surface area contributed by atoms with Gasteiger partial charge in [-0.1, -0.05) is 0 Å². The van der Waals surface area contributed by atoms with E-state index in [-0.39, 0.29) is 23.7 Å². The van der Waals surface area contributed by atoms with Crippen LogP contribution in [-0.4, -0.2) is 31.7 Å². The van der Waals surface area contributed by atoms with Crippen molar-refractivity contribution >= 4 is 17.3 Å². The SMILES string of the molecule is CCN1c2cc(C)c(F)cc2NC(=O)C2COCC21. The van der Waals surface area contributed by atoms with E-state index >= 15 is 0 Å². The number of hydrogen-bond acceptors (Lipinski definition) is 3. The van der Waals surface area contributed by atoms with Gasteiger partial charge in [0.15, 0.2) is 0 Å². The van der Waals surface area contributed by atoms with Crippen LogP contribution in [0, 0.1) is 18.7 Å². The molecule has 3 rings (SSSR count). The molecule has 1 aromatic carbocycles. The number of fused-ring (bicyclic) bond motifs is 2. The maximum Gasteiger partial charge on any atom is 0.232 e. The van der Waals surface area contributed by atoms with Gasteiger partial charge in [-0.05, 0) is 31.5 Å². The highest BCUT2D eigenvalue weighted by atomic mass is 19.1. The van der Waals surface area contributed by atoms with E-state index in [1.165, 1.54) is 6.07 Å². The number of likely N-dealkylation sites (N-methyl/N-ethyl adjacent to an activating group) is 1. The minimum Gasteiger partial charge on any atom is -0.378 e. The highest BCUT2D eigenvalue weighted by molar-refractivity contribution is 5.98. The Morgan fingerprint density at radius 3 is 3.00 bits per heavy atom. The Balaban J connectivity index is 2.13. The fraction of sp³-hybridized carbons (Fsp3) is 0.500. The summed E-state index contributed by atoms with van der Waals surface area (Å²) < 4.78 is 19.1. The van der Waals surface area contributed by atoms with E-state index in [0.29, 0.717) is 24.5 Å². The topological polar surface area (TPSA) is 41.6 Å². The largest absolute Gasteiger partial charge is 0.378 e. The van der Waals surface area contributed by atoms with Gasteiger partial charge in [0.2, 0.25) is 5.91 Å². The van der Waals surface area contributed by atoms with Crippen LogP contribution in [0.5, 0.6) is 0 Å². The molecule has 2 aliphatic rings. The monoisotopic (exact) mass is 264 g/mol. The molecule has 0 aliphatic carbocycles. The summed E-state index contributed by atoms with van der Waals surface area (Å²) in [5.74, 6) is -0.558. The quantitative estimate of drug-likeness (QED) is 0.842. The van der Waals surface area contributed by atoms with Crippen molar-refractivity contribution in [2.24, 2.45) is 5.92 Å². The van der Waals surface area contributed by atoms with Crippen LogP contribution in [-0.2, 0) is 9.53 Å². The summed E-state index contributed by atoms with van der Waals surface area (Å²) in [5, 5.41) is 2.83.